The zero-order valence-electron chi connectivity index (χ0n) is 14.3. The van der Waals surface area contributed by atoms with Crippen LogP contribution in [0.15, 0.2) is 29.2 Å². The van der Waals surface area contributed by atoms with Crippen molar-refractivity contribution >= 4 is 21.7 Å². The molecule has 0 atom stereocenters. The Labute approximate surface area is 152 Å². The van der Waals surface area contributed by atoms with Crippen molar-refractivity contribution in [2.45, 2.75) is 4.90 Å². The minimum atomic E-state index is -4.73. The highest BCUT2D eigenvalue weighted by Gasteiger charge is 2.27. The Morgan fingerprint density at radius 1 is 0.963 bits per heavy atom. The standard InChI is InChI=1S/C16H14F3NO6S/c1-24-11-6-8(16(21)26-3)10(7-12(11)25-2)20-27(22,23)13-5-4-9(17)14(18)15(13)19/h4-7,20H,1-3H3. The highest BCUT2D eigenvalue weighted by Crippen LogP contribution is 2.35. The van der Waals surface area contributed by atoms with E-state index in [1.165, 1.54) is 14.2 Å². The number of hydrogen-bond acceptors (Lipinski definition) is 6. The maximum atomic E-state index is 13.9. The number of ether oxygens (including phenoxy) is 3. The third-order valence-corrected chi connectivity index (χ3v) is 4.85. The molecule has 0 radical (unpaired) electrons. The second kappa shape index (κ2) is 7.74. The average molecular weight is 405 g/mol. The number of carbonyl (C=O) groups is 1. The zero-order valence-corrected chi connectivity index (χ0v) is 15.1. The van der Waals surface area contributed by atoms with E-state index in [1.54, 1.807) is 0 Å². The van der Waals surface area contributed by atoms with Crippen LogP contribution in [-0.2, 0) is 14.8 Å². The number of benzene rings is 2. The van der Waals surface area contributed by atoms with Crippen molar-refractivity contribution < 1.29 is 40.6 Å². The monoisotopic (exact) mass is 405 g/mol. The topological polar surface area (TPSA) is 90.9 Å². The first-order valence-electron chi connectivity index (χ1n) is 7.17. The van der Waals surface area contributed by atoms with E-state index in [1.807, 2.05) is 4.72 Å². The molecule has 0 unspecified atom stereocenters. The van der Waals surface area contributed by atoms with Crippen molar-refractivity contribution in [3.05, 3.63) is 47.3 Å². The van der Waals surface area contributed by atoms with Crippen molar-refractivity contribution in [1.82, 2.24) is 0 Å². The summed E-state index contributed by atoms with van der Waals surface area (Å²) in [7, 11) is -1.11. The van der Waals surface area contributed by atoms with Gasteiger partial charge in [0.05, 0.1) is 32.6 Å². The van der Waals surface area contributed by atoms with Gasteiger partial charge in [0.2, 0.25) is 0 Å². The minimum Gasteiger partial charge on any atom is -0.493 e. The molecule has 0 saturated heterocycles. The number of sulfonamides is 1. The van der Waals surface area contributed by atoms with Gasteiger partial charge in [-0.15, -0.1) is 0 Å². The van der Waals surface area contributed by atoms with Crippen LogP contribution in [0.1, 0.15) is 10.4 Å². The molecule has 1 N–H and O–H groups in total. The molecule has 0 saturated carbocycles. The first-order valence-corrected chi connectivity index (χ1v) is 8.65. The van der Waals surface area contributed by atoms with Crippen LogP contribution in [0.25, 0.3) is 0 Å². The van der Waals surface area contributed by atoms with Gasteiger partial charge in [-0.05, 0) is 12.1 Å². The van der Waals surface area contributed by atoms with Gasteiger partial charge in [-0.2, -0.15) is 0 Å². The van der Waals surface area contributed by atoms with Crippen LogP contribution in [0.5, 0.6) is 11.5 Å². The van der Waals surface area contributed by atoms with Gasteiger partial charge in [-0.1, -0.05) is 0 Å². The maximum absolute atomic E-state index is 13.9. The molecule has 0 aliphatic rings. The molecule has 0 aliphatic carbocycles. The van der Waals surface area contributed by atoms with E-state index in [2.05, 4.69) is 4.74 Å². The molecule has 0 bridgehead atoms. The molecule has 146 valence electrons. The predicted octanol–water partition coefficient (Wildman–Crippen LogP) is 2.71. The summed E-state index contributed by atoms with van der Waals surface area (Å²) in [4.78, 5) is 10.8. The Morgan fingerprint density at radius 3 is 2.11 bits per heavy atom. The SMILES string of the molecule is COC(=O)c1cc(OC)c(OC)cc1NS(=O)(=O)c1ccc(F)c(F)c1F. The fourth-order valence-electron chi connectivity index (χ4n) is 2.16. The second-order valence-electron chi connectivity index (χ2n) is 5.02. The molecule has 0 aromatic heterocycles. The third-order valence-electron chi connectivity index (χ3n) is 3.46. The Kier molecular flexibility index (Phi) is 5.84. The summed E-state index contributed by atoms with van der Waals surface area (Å²) < 4.78 is 81.8. The van der Waals surface area contributed by atoms with E-state index < -0.39 is 38.3 Å². The highest BCUT2D eigenvalue weighted by molar-refractivity contribution is 7.92. The fourth-order valence-corrected chi connectivity index (χ4v) is 3.30. The van der Waals surface area contributed by atoms with Crippen molar-refractivity contribution in [1.29, 1.82) is 0 Å². The molecule has 2 rings (SSSR count). The lowest BCUT2D eigenvalue weighted by Gasteiger charge is -2.16. The summed E-state index contributed by atoms with van der Waals surface area (Å²) in [5, 5.41) is 0. The quantitative estimate of drug-likeness (QED) is 0.587. The maximum Gasteiger partial charge on any atom is 0.340 e. The van der Waals surface area contributed by atoms with Gasteiger partial charge >= 0.3 is 5.97 Å². The lowest BCUT2D eigenvalue weighted by Crippen LogP contribution is -2.18. The molecule has 0 spiro atoms. The van der Waals surface area contributed by atoms with Gasteiger partial charge in [0.1, 0.15) is 4.90 Å². The smallest absolute Gasteiger partial charge is 0.340 e. The summed E-state index contributed by atoms with van der Waals surface area (Å²) in [6.07, 6.45) is 0. The fraction of sp³-hybridized carbons (Fsp3) is 0.188. The van der Waals surface area contributed by atoms with Crippen LogP contribution < -0.4 is 14.2 Å². The zero-order chi connectivity index (χ0) is 20.4. The molecule has 11 heteroatoms. The van der Waals surface area contributed by atoms with Crippen LogP contribution in [0, 0.1) is 17.5 Å². The molecular formula is C16H14F3NO6S. The van der Waals surface area contributed by atoms with Crippen molar-refractivity contribution in [2.75, 3.05) is 26.1 Å². The van der Waals surface area contributed by atoms with Gasteiger partial charge in [0.15, 0.2) is 29.0 Å². The third kappa shape index (κ3) is 3.92. The van der Waals surface area contributed by atoms with E-state index >= 15 is 0 Å². The average Bonchev–Trinajstić information content (AvgIpc) is 2.64. The summed E-state index contributed by atoms with van der Waals surface area (Å²) in [6.45, 7) is 0. The molecule has 7 nitrogen and oxygen atoms in total. The Hall–Kier alpha value is -2.95. The van der Waals surface area contributed by atoms with Crippen LogP contribution >= 0.6 is 0 Å². The molecule has 0 aliphatic heterocycles. The first kappa shape index (κ1) is 20.4. The predicted molar refractivity (Wildman–Crippen MR) is 88.0 cm³/mol. The van der Waals surface area contributed by atoms with E-state index in [0.29, 0.717) is 12.1 Å². The minimum absolute atomic E-state index is 0.0496. The molecular weight excluding hydrogens is 391 g/mol. The number of rotatable bonds is 6. The largest absolute Gasteiger partial charge is 0.493 e. The Morgan fingerprint density at radius 2 is 1.56 bits per heavy atom. The van der Waals surface area contributed by atoms with E-state index in [9.17, 15) is 26.4 Å². The van der Waals surface area contributed by atoms with Crippen molar-refractivity contribution in [2.24, 2.45) is 0 Å². The normalized spacial score (nSPS) is 11.0. The lowest BCUT2D eigenvalue weighted by atomic mass is 10.1. The molecule has 0 fully saturated rings. The molecule has 0 heterocycles. The molecule has 2 aromatic rings. The summed E-state index contributed by atoms with van der Waals surface area (Å²) in [6, 6.07) is 3.25. The van der Waals surface area contributed by atoms with E-state index in [0.717, 1.165) is 19.2 Å². The summed E-state index contributed by atoms with van der Waals surface area (Å²) in [5.74, 6) is -6.18. The van der Waals surface area contributed by atoms with Gasteiger partial charge in [0.25, 0.3) is 10.0 Å². The van der Waals surface area contributed by atoms with Crippen LogP contribution in [0.4, 0.5) is 18.9 Å². The van der Waals surface area contributed by atoms with Crippen LogP contribution in [0.2, 0.25) is 0 Å². The van der Waals surface area contributed by atoms with Crippen molar-refractivity contribution in [3.63, 3.8) is 0 Å². The lowest BCUT2D eigenvalue weighted by molar-refractivity contribution is 0.0601. The Balaban J connectivity index is 2.61. The van der Waals surface area contributed by atoms with Gasteiger partial charge in [0, 0.05) is 12.1 Å². The molecule has 27 heavy (non-hydrogen) atoms. The van der Waals surface area contributed by atoms with Crippen LogP contribution in [0.3, 0.4) is 0 Å². The second-order valence-corrected chi connectivity index (χ2v) is 6.67. The van der Waals surface area contributed by atoms with E-state index in [-0.39, 0.29) is 22.7 Å². The number of methoxy groups -OCH3 is 3. The summed E-state index contributed by atoms with van der Waals surface area (Å²) >= 11 is 0. The van der Waals surface area contributed by atoms with Gasteiger partial charge in [-0.25, -0.2) is 26.4 Å². The van der Waals surface area contributed by atoms with Crippen molar-refractivity contribution in [3.8, 4) is 11.5 Å². The van der Waals surface area contributed by atoms with E-state index in [4.69, 9.17) is 9.47 Å². The van der Waals surface area contributed by atoms with Crippen LogP contribution in [-0.4, -0.2) is 35.7 Å². The summed E-state index contributed by atoms with van der Waals surface area (Å²) in [5.41, 5.74) is -0.620. The number of hydrogen-bond donors (Lipinski definition) is 1. The highest BCUT2D eigenvalue weighted by atomic mass is 32.2. The molecule has 0 amide bonds. The number of halogens is 3. The van der Waals surface area contributed by atoms with Gasteiger partial charge in [-0.3, -0.25) is 4.72 Å². The molecule has 2 aromatic carbocycles. The number of anilines is 1. The number of nitrogens with one attached hydrogen (secondary N) is 1. The van der Waals surface area contributed by atoms with Gasteiger partial charge < -0.3 is 14.2 Å². The number of carbonyl (C=O) groups excluding carboxylic acids is 1. The Bertz CT molecular complexity index is 994. The first-order chi connectivity index (χ1) is 12.7. The number of esters is 1.